The van der Waals surface area contributed by atoms with Crippen LogP contribution in [0.3, 0.4) is 0 Å². The molecule has 0 spiro atoms. The van der Waals surface area contributed by atoms with Gasteiger partial charge in [-0.05, 0) is 47.9 Å². The van der Waals surface area contributed by atoms with Crippen molar-refractivity contribution >= 4 is 28.9 Å². The Morgan fingerprint density at radius 1 is 1.04 bits per heavy atom. The van der Waals surface area contributed by atoms with Gasteiger partial charge in [-0.2, -0.15) is 0 Å². The van der Waals surface area contributed by atoms with E-state index in [1.165, 1.54) is 5.56 Å². The molecule has 0 amide bonds. The van der Waals surface area contributed by atoms with Gasteiger partial charge in [-0.1, -0.05) is 51.6 Å². The van der Waals surface area contributed by atoms with Crippen LogP contribution in [-0.4, -0.2) is 11.2 Å². The van der Waals surface area contributed by atoms with Crippen LogP contribution in [0.25, 0.3) is 28.1 Å². The van der Waals surface area contributed by atoms with Gasteiger partial charge in [0.15, 0.2) is 0 Å². The summed E-state index contributed by atoms with van der Waals surface area (Å²) in [6.07, 6.45) is 6.52. The third-order valence-electron chi connectivity index (χ3n) is 3.60. The first-order valence-corrected chi connectivity index (χ1v) is 8.46. The van der Waals surface area contributed by atoms with Crippen LogP contribution in [0.15, 0.2) is 66.3 Å². The van der Waals surface area contributed by atoms with Gasteiger partial charge in [0.2, 0.25) is 0 Å². The Hall–Kier alpha value is -2.74. The summed E-state index contributed by atoms with van der Waals surface area (Å²) in [4.78, 5) is 8.84. The zero-order valence-corrected chi connectivity index (χ0v) is 14.7. The molecule has 0 unspecified atom stereocenters. The maximum Gasteiger partial charge on any atom is 0.0702 e. The van der Waals surface area contributed by atoms with Crippen molar-refractivity contribution in [2.24, 2.45) is 4.99 Å². The zero-order valence-electron chi connectivity index (χ0n) is 14.7. The lowest BCUT2D eigenvalue weighted by atomic mass is 10.00. The molecule has 3 aromatic rings. The van der Waals surface area contributed by atoms with Crippen LogP contribution >= 0.6 is 0 Å². The van der Waals surface area contributed by atoms with E-state index in [0.717, 1.165) is 34.1 Å². The molecule has 0 atom stereocenters. The minimum atomic E-state index is 0.927. The van der Waals surface area contributed by atoms with Crippen molar-refractivity contribution in [1.29, 1.82) is 0 Å². The first-order valence-electron chi connectivity index (χ1n) is 8.46. The number of fused-ring (bicyclic) bond motifs is 1. The topological polar surface area (TPSA) is 25.2 Å². The fourth-order valence-electron chi connectivity index (χ4n) is 2.46. The van der Waals surface area contributed by atoms with E-state index in [4.69, 9.17) is 0 Å². The lowest BCUT2D eigenvalue weighted by Gasteiger charge is -2.07. The number of benzene rings is 2. The van der Waals surface area contributed by atoms with E-state index >= 15 is 0 Å². The maximum atomic E-state index is 4.47. The molecular formula is C22H24N2. The quantitative estimate of drug-likeness (QED) is 0.493. The molecule has 0 saturated carbocycles. The van der Waals surface area contributed by atoms with Crippen molar-refractivity contribution < 1.29 is 0 Å². The van der Waals surface area contributed by atoms with Crippen molar-refractivity contribution in [1.82, 2.24) is 4.98 Å². The Kier molecular flexibility index (Phi) is 6.44. The van der Waals surface area contributed by atoms with E-state index in [9.17, 15) is 0 Å². The molecule has 0 bridgehead atoms. The smallest absolute Gasteiger partial charge is 0.0702 e. The van der Waals surface area contributed by atoms with E-state index in [0.29, 0.717) is 0 Å². The Labute approximate surface area is 144 Å². The van der Waals surface area contributed by atoms with Crippen molar-refractivity contribution in [2.45, 2.75) is 27.2 Å². The van der Waals surface area contributed by atoms with Gasteiger partial charge in [-0.15, -0.1) is 0 Å². The summed E-state index contributed by atoms with van der Waals surface area (Å²) in [6.45, 7) is 9.98. The fourth-order valence-corrected chi connectivity index (χ4v) is 2.46. The minimum absolute atomic E-state index is 0.927. The molecule has 122 valence electrons. The summed E-state index contributed by atoms with van der Waals surface area (Å²) in [5.41, 5.74) is 5.36. The summed E-state index contributed by atoms with van der Waals surface area (Å²) >= 11 is 0. The fraction of sp³-hybridized carbons (Fsp3) is 0.182. The second kappa shape index (κ2) is 8.78. The predicted octanol–water partition coefficient (Wildman–Crippen LogP) is 6.68. The summed E-state index contributed by atoms with van der Waals surface area (Å²) < 4.78 is 0. The average Bonchev–Trinajstić information content (AvgIpc) is 2.67. The lowest BCUT2D eigenvalue weighted by Crippen LogP contribution is -1.83. The van der Waals surface area contributed by atoms with Crippen LogP contribution in [0.5, 0.6) is 0 Å². The second-order valence-corrected chi connectivity index (χ2v) is 5.11. The van der Waals surface area contributed by atoms with E-state index in [2.05, 4.69) is 59.9 Å². The highest BCUT2D eigenvalue weighted by atomic mass is 14.7. The molecule has 0 fully saturated rings. The molecule has 2 heteroatoms. The molecule has 2 nitrogen and oxygen atoms in total. The third-order valence-corrected chi connectivity index (χ3v) is 3.60. The summed E-state index contributed by atoms with van der Waals surface area (Å²) in [7, 11) is 0. The molecule has 0 N–H and O–H groups in total. The van der Waals surface area contributed by atoms with Crippen LogP contribution in [-0.2, 0) is 0 Å². The standard InChI is InChI=1S/C20H18N2.C2H6/c1-3-11-21-19-9-7-16(13-15(19)4-2)17-8-10-20-18(14-17)6-5-12-22-20;1-2/h4-14H,2-3H2,1H3;1-2H3. The molecule has 24 heavy (non-hydrogen) atoms. The Morgan fingerprint density at radius 2 is 1.79 bits per heavy atom. The highest BCUT2D eigenvalue weighted by Gasteiger charge is 2.04. The normalized spacial score (nSPS) is 10.5. The molecule has 0 aliphatic carbocycles. The van der Waals surface area contributed by atoms with Gasteiger partial charge < -0.3 is 0 Å². The van der Waals surface area contributed by atoms with Crippen molar-refractivity contribution in [3.05, 3.63) is 66.9 Å². The first-order chi connectivity index (χ1) is 11.8. The number of aliphatic imine (C=N–C) groups is 1. The summed E-state index contributed by atoms with van der Waals surface area (Å²) in [5, 5.41) is 1.15. The van der Waals surface area contributed by atoms with E-state index in [1.54, 1.807) is 0 Å². The van der Waals surface area contributed by atoms with Crippen LogP contribution < -0.4 is 0 Å². The lowest BCUT2D eigenvalue weighted by molar-refractivity contribution is 1.31. The summed E-state index contributed by atoms with van der Waals surface area (Å²) in [6, 6.07) is 16.7. The Balaban J connectivity index is 0.00000100. The Bertz CT molecular complexity index is 847. The largest absolute Gasteiger partial charge is 0.261 e. The van der Waals surface area contributed by atoms with Crippen LogP contribution in [0.4, 0.5) is 5.69 Å². The molecule has 0 radical (unpaired) electrons. The van der Waals surface area contributed by atoms with Crippen molar-refractivity contribution in [3.63, 3.8) is 0 Å². The van der Waals surface area contributed by atoms with Gasteiger partial charge in [0, 0.05) is 23.4 Å². The number of rotatable bonds is 4. The minimum Gasteiger partial charge on any atom is -0.261 e. The Morgan fingerprint density at radius 3 is 2.54 bits per heavy atom. The number of nitrogens with zero attached hydrogens (tertiary/aromatic N) is 2. The van der Waals surface area contributed by atoms with Crippen LogP contribution in [0, 0.1) is 0 Å². The number of aromatic nitrogens is 1. The highest BCUT2D eigenvalue weighted by Crippen LogP contribution is 2.29. The number of pyridine rings is 1. The second-order valence-electron chi connectivity index (χ2n) is 5.11. The SMILES string of the molecule is C=Cc1cc(-c2ccc3ncccc3c2)ccc1N=CCC.CC. The van der Waals surface area contributed by atoms with Crippen molar-refractivity contribution in [3.8, 4) is 11.1 Å². The van der Waals surface area contributed by atoms with Gasteiger partial charge in [0.25, 0.3) is 0 Å². The van der Waals surface area contributed by atoms with Crippen LogP contribution in [0.1, 0.15) is 32.8 Å². The van der Waals surface area contributed by atoms with E-state index < -0.39 is 0 Å². The molecule has 1 aromatic heterocycles. The molecule has 2 aromatic carbocycles. The monoisotopic (exact) mass is 316 g/mol. The molecule has 3 rings (SSSR count). The van der Waals surface area contributed by atoms with E-state index in [1.807, 2.05) is 44.5 Å². The third kappa shape index (κ3) is 3.96. The molecule has 0 aliphatic rings. The van der Waals surface area contributed by atoms with Gasteiger partial charge >= 0.3 is 0 Å². The van der Waals surface area contributed by atoms with Crippen molar-refractivity contribution in [2.75, 3.05) is 0 Å². The molecule has 0 saturated heterocycles. The van der Waals surface area contributed by atoms with Gasteiger partial charge in [0.05, 0.1) is 11.2 Å². The number of hydrogen-bond donors (Lipinski definition) is 0. The molecular weight excluding hydrogens is 292 g/mol. The molecule has 0 aliphatic heterocycles. The van der Waals surface area contributed by atoms with Gasteiger partial charge in [-0.3, -0.25) is 9.98 Å². The van der Waals surface area contributed by atoms with Crippen LogP contribution in [0.2, 0.25) is 0 Å². The average molecular weight is 316 g/mol. The number of hydrogen-bond acceptors (Lipinski definition) is 2. The van der Waals surface area contributed by atoms with Gasteiger partial charge in [0.1, 0.15) is 0 Å². The zero-order chi connectivity index (χ0) is 17.4. The molecule has 1 heterocycles. The maximum absolute atomic E-state index is 4.47. The predicted molar refractivity (Wildman–Crippen MR) is 107 cm³/mol. The highest BCUT2D eigenvalue weighted by molar-refractivity contribution is 5.85. The summed E-state index contributed by atoms with van der Waals surface area (Å²) in [5.74, 6) is 0. The van der Waals surface area contributed by atoms with E-state index in [-0.39, 0.29) is 0 Å². The first kappa shape index (κ1) is 17.6. The van der Waals surface area contributed by atoms with Gasteiger partial charge in [-0.25, -0.2) is 0 Å².